The predicted octanol–water partition coefficient (Wildman–Crippen LogP) is 6.63. The number of ether oxygens (including phenoxy) is 1. The molecule has 27 heavy (non-hydrogen) atoms. The number of unbranched alkanes of at least 4 members (excludes halogenated alkanes) is 3. The van der Waals surface area contributed by atoms with E-state index in [0.717, 1.165) is 11.1 Å². The average Bonchev–Trinajstić information content (AvgIpc) is 2.90. The molecule has 2 rings (SSSR count). The first kappa shape index (κ1) is 22.3. The van der Waals surface area contributed by atoms with Crippen LogP contribution in [0.5, 0.6) is 0 Å². The Labute approximate surface area is 169 Å². The molecule has 0 radical (unpaired) electrons. The Hall–Kier alpha value is -1.03. The number of carbonyl (C=O) groups is 1. The van der Waals surface area contributed by atoms with E-state index in [2.05, 4.69) is 45.0 Å². The van der Waals surface area contributed by atoms with Crippen molar-refractivity contribution in [2.75, 3.05) is 7.11 Å². The zero-order valence-electron chi connectivity index (χ0n) is 17.6. The van der Waals surface area contributed by atoms with E-state index >= 15 is 0 Å². The number of carbonyl (C=O) groups excluding carboxylic acids is 1. The molecule has 0 N–H and O–H groups in total. The van der Waals surface area contributed by atoms with Gasteiger partial charge in [-0.15, -0.1) is 0 Å². The monoisotopic (exact) mass is 476 g/mol. The standard InChI is InChI=1S/C12H9O2.3C4H9.Sn/c1-14-12(13)11-8-7-9-5-3-2-4-6-10(9)11;3*1-3-4-2;/h2-7H,1H3;3*1,3-4H2,2H3;. The van der Waals surface area contributed by atoms with Crippen LogP contribution in [-0.4, -0.2) is 31.5 Å². The molecule has 0 spiro atoms. The first-order valence-corrected chi connectivity index (χ1v) is 18.2. The van der Waals surface area contributed by atoms with Crippen molar-refractivity contribution in [1.29, 1.82) is 0 Å². The minimum atomic E-state index is -2.71. The van der Waals surface area contributed by atoms with Crippen molar-refractivity contribution < 1.29 is 9.53 Å². The third kappa shape index (κ3) is 5.28. The van der Waals surface area contributed by atoms with Crippen LogP contribution in [-0.2, 0) is 4.74 Å². The summed E-state index contributed by atoms with van der Waals surface area (Å²) in [5.74, 6) is -0.142. The summed E-state index contributed by atoms with van der Waals surface area (Å²) in [6, 6.07) is 12.8. The second-order valence-corrected chi connectivity index (χ2v) is 20.9. The summed E-state index contributed by atoms with van der Waals surface area (Å²) >= 11 is -2.71. The van der Waals surface area contributed by atoms with Crippen LogP contribution >= 0.6 is 0 Å². The SMILES string of the molecule is CCC[CH2][Sn]([CH2]CCC)([CH2]CCC)[c]1cc2cccccc-2c1C(=O)OC. The maximum absolute atomic E-state index is 12.9. The molecule has 2 nitrogen and oxygen atoms in total. The van der Waals surface area contributed by atoms with Gasteiger partial charge < -0.3 is 0 Å². The van der Waals surface area contributed by atoms with E-state index in [1.807, 2.05) is 12.1 Å². The summed E-state index contributed by atoms with van der Waals surface area (Å²) < 4.78 is 10.8. The molecule has 2 aliphatic carbocycles. The zero-order valence-corrected chi connectivity index (χ0v) is 20.5. The van der Waals surface area contributed by atoms with Crippen molar-refractivity contribution >= 4 is 27.9 Å². The van der Waals surface area contributed by atoms with Crippen LogP contribution in [0.1, 0.15) is 69.7 Å². The van der Waals surface area contributed by atoms with Gasteiger partial charge in [-0.05, 0) is 0 Å². The molecule has 0 amide bonds. The normalized spacial score (nSPS) is 11.7. The van der Waals surface area contributed by atoms with Crippen LogP contribution < -0.4 is 3.58 Å². The number of hydrogen-bond acceptors (Lipinski definition) is 2. The molecule has 0 unspecified atom stereocenters. The van der Waals surface area contributed by atoms with Crippen LogP contribution in [0.3, 0.4) is 0 Å². The van der Waals surface area contributed by atoms with Crippen LogP contribution in [0.25, 0.3) is 11.1 Å². The Balaban J connectivity index is 2.69. The summed E-state index contributed by atoms with van der Waals surface area (Å²) in [4.78, 5) is 12.9. The first-order valence-electron chi connectivity index (χ1n) is 10.7. The van der Waals surface area contributed by atoms with Crippen molar-refractivity contribution in [2.24, 2.45) is 0 Å². The third-order valence-corrected chi connectivity index (χ3v) is 21.5. The van der Waals surface area contributed by atoms with Gasteiger partial charge in [-0.2, -0.15) is 0 Å². The van der Waals surface area contributed by atoms with Gasteiger partial charge in [-0.25, -0.2) is 0 Å². The topological polar surface area (TPSA) is 26.3 Å². The van der Waals surface area contributed by atoms with Gasteiger partial charge in [-0.1, -0.05) is 0 Å². The van der Waals surface area contributed by atoms with Gasteiger partial charge in [0.25, 0.3) is 0 Å². The summed E-state index contributed by atoms with van der Waals surface area (Å²) in [6.45, 7) is 6.87. The zero-order chi connectivity index (χ0) is 19.7. The number of fused-ring (bicyclic) bond motifs is 1. The molecule has 0 bridgehead atoms. The summed E-state index contributed by atoms with van der Waals surface area (Å²) in [5, 5.41) is 0. The van der Waals surface area contributed by atoms with E-state index in [1.165, 1.54) is 68.1 Å². The molecule has 148 valence electrons. The third-order valence-electron chi connectivity index (χ3n) is 5.90. The summed E-state index contributed by atoms with van der Waals surface area (Å²) in [7, 11) is 1.52. The van der Waals surface area contributed by atoms with E-state index in [-0.39, 0.29) is 5.97 Å². The van der Waals surface area contributed by atoms with E-state index in [0.29, 0.717) is 0 Å². The van der Waals surface area contributed by atoms with Crippen LogP contribution in [0.15, 0.2) is 36.4 Å². The van der Waals surface area contributed by atoms with E-state index in [9.17, 15) is 4.79 Å². The molecular weight excluding hydrogens is 439 g/mol. The van der Waals surface area contributed by atoms with Crippen molar-refractivity contribution in [1.82, 2.24) is 0 Å². The molecule has 0 heterocycles. The van der Waals surface area contributed by atoms with Crippen molar-refractivity contribution in [3.63, 3.8) is 0 Å². The molecule has 0 fully saturated rings. The Morgan fingerprint density at radius 3 is 1.96 bits per heavy atom. The predicted molar refractivity (Wildman–Crippen MR) is 119 cm³/mol. The van der Waals surface area contributed by atoms with Gasteiger partial charge in [0.1, 0.15) is 0 Å². The number of rotatable bonds is 11. The average molecular weight is 475 g/mol. The van der Waals surface area contributed by atoms with Gasteiger partial charge in [-0.3, -0.25) is 0 Å². The number of methoxy groups -OCH3 is 1. The second-order valence-electron chi connectivity index (χ2n) is 7.80. The van der Waals surface area contributed by atoms with E-state index in [1.54, 1.807) is 0 Å². The van der Waals surface area contributed by atoms with E-state index < -0.39 is 18.4 Å². The Bertz CT molecular complexity index is 673. The molecule has 2 aliphatic rings. The number of hydrogen-bond donors (Lipinski definition) is 0. The summed E-state index contributed by atoms with van der Waals surface area (Å²) in [6.07, 6.45) is 7.58. The van der Waals surface area contributed by atoms with E-state index in [4.69, 9.17) is 4.74 Å². The first-order chi connectivity index (χ1) is 13.1. The van der Waals surface area contributed by atoms with Gasteiger partial charge >= 0.3 is 170 Å². The molecule has 0 saturated heterocycles. The van der Waals surface area contributed by atoms with Crippen molar-refractivity contribution in [3.05, 3.63) is 42.0 Å². The Morgan fingerprint density at radius 1 is 0.889 bits per heavy atom. The molecule has 3 heteroatoms. The van der Waals surface area contributed by atoms with Crippen LogP contribution in [0.4, 0.5) is 0 Å². The molecule has 0 aliphatic heterocycles. The van der Waals surface area contributed by atoms with Gasteiger partial charge in [0.2, 0.25) is 0 Å². The molecular formula is C24H36O2Sn. The van der Waals surface area contributed by atoms with Gasteiger partial charge in [0, 0.05) is 0 Å². The van der Waals surface area contributed by atoms with Crippen LogP contribution in [0, 0.1) is 0 Å². The fourth-order valence-electron chi connectivity index (χ4n) is 4.35. The Kier molecular flexibility index (Phi) is 9.14. The second kappa shape index (κ2) is 11.1. The van der Waals surface area contributed by atoms with Crippen molar-refractivity contribution in [2.45, 2.75) is 72.6 Å². The maximum atomic E-state index is 12.9. The fraction of sp³-hybridized carbons (Fsp3) is 0.542. The molecule has 0 aromatic rings. The van der Waals surface area contributed by atoms with Gasteiger partial charge in [0.15, 0.2) is 0 Å². The quantitative estimate of drug-likeness (QED) is 0.269. The Morgan fingerprint density at radius 2 is 1.44 bits per heavy atom. The summed E-state index contributed by atoms with van der Waals surface area (Å²) in [5.41, 5.74) is 3.16. The van der Waals surface area contributed by atoms with Crippen molar-refractivity contribution in [3.8, 4) is 11.1 Å². The fourth-order valence-corrected chi connectivity index (χ4v) is 21.1. The van der Waals surface area contributed by atoms with Gasteiger partial charge in [0.05, 0.1) is 0 Å². The number of esters is 1. The molecule has 0 aromatic carbocycles. The molecule has 0 aromatic heterocycles. The molecule has 0 atom stereocenters. The van der Waals surface area contributed by atoms with Crippen LogP contribution in [0.2, 0.25) is 13.3 Å². The molecule has 0 saturated carbocycles. The minimum absolute atomic E-state index is 0.142.